The van der Waals surface area contributed by atoms with Gasteiger partial charge in [-0.1, -0.05) is 30.3 Å². The normalized spacial score (nSPS) is 12.7. The van der Waals surface area contributed by atoms with Gasteiger partial charge in [-0.3, -0.25) is 0 Å². The molecule has 0 spiro atoms. The number of rotatable bonds is 7. The van der Waals surface area contributed by atoms with Crippen LogP contribution >= 0.6 is 0 Å². The van der Waals surface area contributed by atoms with E-state index >= 15 is 0 Å². The summed E-state index contributed by atoms with van der Waals surface area (Å²) in [4.78, 5) is 0. The van der Waals surface area contributed by atoms with Gasteiger partial charge in [-0.25, -0.2) is 0 Å². The third-order valence-corrected chi connectivity index (χ3v) is 2.49. The Labute approximate surface area is 92.4 Å². The minimum atomic E-state index is 0.174. The first-order chi connectivity index (χ1) is 7.34. The summed E-state index contributed by atoms with van der Waals surface area (Å²) < 4.78 is 5.28. The Morgan fingerprint density at radius 1 is 1.20 bits per heavy atom. The monoisotopic (exact) mass is 207 g/mol. The van der Waals surface area contributed by atoms with E-state index in [0.29, 0.717) is 0 Å². The topological polar surface area (TPSA) is 35.2 Å². The summed E-state index contributed by atoms with van der Waals surface area (Å²) in [5.74, 6) is 0. The van der Waals surface area contributed by atoms with E-state index in [9.17, 15) is 0 Å². The van der Waals surface area contributed by atoms with Crippen molar-refractivity contribution >= 4 is 0 Å². The number of benzene rings is 1. The van der Waals surface area contributed by atoms with Crippen molar-refractivity contribution in [2.45, 2.75) is 32.2 Å². The average Bonchev–Trinajstić information content (AvgIpc) is 2.30. The van der Waals surface area contributed by atoms with Gasteiger partial charge >= 0.3 is 0 Å². The molecule has 0 fully saturated rings. The second kappa shape index (κ2) is 7.43. The summed E-state index contributed by atoms with van der Waals surface area (Å²) >= 11 is 0. The van der Waals surface area contributed by atoms with Gasteiger partial charge in [-0.05, 0) is 31.7 Å². The highest BCUT2D eigenvalue weighted by Gasteiger charge is 2.03. The molecular weight excluding hydrogens is 186 g/mol. The molecule has 0 aliphatic rings. The van der Waals surface area contributed by atoms with Crippen molar-refractivity contribution in [3.05, 3.63) is 35.9 Å². The van der Waals surface area contributed by atoms with E-state index in [0.717, 1.165) is 32.5 Å². The van der Waals surface area contributed by atoms with Gasteiger partial charge in [-0.2, -0.15) is 0 Å². The van der Waals surface area contributed by atoms with Crippen LogP contribution < -0.4 is 5.73 Å². The maximum absolute atomic E-state index is 6.07. The van der Waals surface area contributed by atoms with Crippen molar-refractivity contribution < 1.29 is 4.74 Å². The molecular formula is C13H21NO. The molecule has 1 aromatic rings. The number of unbranched alkanes of at least 4 members (excludes halogenated alkanes) is 1. The first kappa shape index (κ1) is 12.2. The number of hydrogen-bond donors (Lipinski definition) is 1. The van der Waals surface area contributed by atoms with Gasteiger partial charge in [0.2, 0.25) is 0 Å². The van der Waals surface area contributed by atoms with Crippen LogP contribution in [0.5, 0.6) is 0 Å². The van der Waals surface area contributed by atoms with Gasteiger partial charge in [-0.15, -0.1) is 0 Å². The number of hydrogen-bond acceptors (Lipinski definition) is 2. The van der Waals surface area contributed by atoms with Crippen LogP contribution in [0.15, 0.2) is 30.3 Å². The fraction of sp³-hybridized carbons (Fsp3) is 0.538. The van der Waals surface area contributed by atoms with Crippen molar-refractivity contribution in [3.63, 3.8) is 0 Å². The van der Waals surface area contributed by atoms with Gasteiger partial charge < -0.3 is 10.5 Å². The Balaban J connectivity index is 2.16. The summed E-state index contributed by atoms with van der Waals surface area (Å²) in [7, 11) is 0. The van der Waals surface area contributed by atoms with E-state index in [1.165, 1.54) is 5.56 Å². The van der Waals surface area contributed by atoms with Crippen molar-refractivity contribution in [3.8, 4) is 0 Å². The second-order valence-corrected chi connectivity index (χ2v) is 3.71. The molecule has 0 aliphatic carbocycles. The van der Waals surface area contributed by atoms with Gasteiger partial charge in [0.05, 0.1) is 0 Å². The molecule has 0 heterocycles. The first-order valence-corrected chi connectivity index (χ1v) is 5.73. The Morgan fingerprint density at radius 3 is 2.60 bits per heavy atom. The van der Waals surface area contributed by atoms with Crippen LogP contribution in [0.3, 0.4) is 0 Å². The zero-order valence-electron chi connectivity index (χ0n) is 9.49. The lowest BCUT2D eigenvalue weighted by molar-refractivity contribution is 0.142. The van der Waals surface area contributed by atoms with E-state index in [-0.39, 0.29) is 6.04 Å². The maximum Gasteiger partial charge on any atom is 0.0465 e. The van der Waals surface area contributed by atoms with Crippen LogP contribution in [-0.2, 0) is 4.74 Å². The van der Waals surface area contributed by atoms with Gasteiger partial charge in [0.25, 0.3) is 0 Å². The fourth-order valence-corrected chi connectivity index (χ4v) is 1.58. The number of nitrogens with two attached hydrogens (primary N) is 1. The van der Waals surface area contributed by atoms with Crippen LogP contribution in [0.2, 0.25) is 0 Å². The van der Waals surface area contributed by atoms with Crippen molar-refractivity contribution in [2.75, 3.05) is 13.2 Å². The molecule has 2 N–H and O–H groups in total. The molecule has 0 saturated carbocycles. The lowest BCUT2D eigenvalue weighted by atomic mass is 10.0. The molecule has 2 nitrogen and oxygen atoms in total. The third-order valence-electron chi connectivity index (χ3n) is 2.49. The van der Waals surface area contributed by atoms with Crippen LogP contribution in [0.25, 0.3) is 0 Å². The molecule has 84 valence electrons. The standard InChI is InChI=1S/C13H21NO/c1-2-15-11-7-6-10-13(14)12-8-4-3-5-9-12/h3-5,8-9,13H,2,6-7,10-11,14H2,1H3. The molecule has 0 bridgehead atoms. The highest BCUT2D eigenvalue weighted by molar-refractivity contribution is 5.18. The SMILES string of the molecule is CCOCCCCC(N)c1ccccc1. The summed E-state index contributed by atoms with van der Waals surface area (Å²) in [6.45, 7) is 3.69. The van der Waals surface area contributed by atoms with Gasteiger partial charge in [0.1, 0.15) is 0 Å². The minimum Gasteiger partial charge on any atom is -0.382 e. The Morgan fingerprint density at radius 2 is 1.93 bits per heavy atom. The molecule has 1 unspecified atom stereocenters. The predicted octanol–water partition coefficient (Wildman–Crippen LogP) is 2.89. The zero-order chi connectivity index (χ0) is 10.9. The number of ether oxygens (including phenoxy) is 1. The maximum atomic E-state index is 6.07. The Bertz CT molecular complexity index is 248. The lowest BCUT2D eigenvalue weighted by Crippen LogP contribution is -2.10. The lowest BCUT2D eigenvalue weighted by Gasteiger charge is -2.11. The van der Waals surface area contributed by atoms with E-state index in [1.807, 2.05) is 25.1 Å². The molecule has 1 rings (SSSR count). The smallest absolute Gasteiger partial charge is 0.0465 e. The largest absolute Gasteiger partial charge is 0.382 e. The predicted molar refractivity (Wildman–Crippen MR) is 63.7 cm³/mol. The minimum absolute atomic E-state index is 0.174. The van der Waals surface area contributed by atoms with E-state index < -0.39 is 0 Å². The second-order valence-electron chi connectivity index (χ2n) is 3.71. The summed E-state index contributed by atoms with van der Waals surface area (Å²) in [5, 5.41) is 0. The van der Waals surface area contributed by atoms with Crippen molar-refractivity contribution in [1.29, 1.82) is 0 Å². The van der Waals surface area contributed by atoms with Crippen molar-refractivity contribution in [2.24, 2.45) is 5.73 Å². The molecule has 1 aromatic carbocycles. The summed E-state index contributed by atoms with van der Waals surface area (Å²) in [6, 6.07) is 10.4. The summed E-state index contributed by atoms with van der Waals surface area (Å²) in [6.07, 6.45) is 3.28. The van der Waals surface area contributed by atoms with E-state index in [1.54, 1.807) is 0 Å². The van der Waals surface area contributed by atoms with Crippen molar-refractivity contribution in [1.82, 2.24) is 0 Å². The highest BCUT2D eigenvalue weighted by atomic mass is 16.5. The molecule has 0 aromatic heterocycles. The summed E-state index contributed by atoms with van der Waals surface area (Å²) in [5.41, 5.74) is 7.30. The first-order valence-electron chi connectivity index (χ1n) is 5.73. The van der Waals surface area contributed by atoms with Gasteiger partial charge in [0, 0.05) is 19.3 Å². The molecule has 0 radical (unpaired) electrons. The zero-order valence-corrected chi connectivity index (χ0v) is 9.49. The van der Waals surface area contributed by atoms with Crippen LogP contribution in [-0.4, -0.2) is 13.2 Å². The molecule has 15 heavy (non-hydrogen) atoms. The Kier molecular flexibility index (Phi) is 6.05. The Hall–Kier alpha value is -0.860. The van der Waals surface area contributed by atoms with Crippen LogP contribution in [0, 0.1) is 0 Å². The molecule has 2 heteroatoms. The van der Waals surface area contributed by atoms with E-state index in [4.69, 9.17) is 10.5 Å². The van der Waals surface area contributed by atoms with Crippen LogP contribution in [0.4, 0.5) is 0 Å². The highest BCUT2D eigenvalue weighted by Crippen LogP contribution is 2.15. The molecule has 0 amide bonds. The molecule has 1 atom stereocenters. The average molecular weight is 207 g/mol. The fourth-order valence-electron chi connectivity index (χ4n) is 1.58. The third kappa shape index (κ3) is 4.96. The molecule has 0 aliphatic heterocycles. The molecule has 0 saturated heterocycles. The van der Waals surface area contributed by atoms with E-state index in [2.05, 4.69) is 12.1 Å². The quantitative estimate of drug-likeness (QED) is 0.698. The van der Waals surface area contributed by atoms with Gasteiger partial charge in [0.15, 0.2) is 0 Å². The van der Waals surface area contributed by atoms with Crippen LogP contribution in [0.1, 0.15) is 37.8 Å².